The van der Waals surface area contributed by atoms with Crippen molar-refractivity contribution in [3.8, 4) is 5.75 Å². The Labute approximate surface area is 178 Å². The van der Waals surface area contributed by atoms with E-state index in [-0.39, 0.29) is 11.5 Å². The molecule has 0 N–H and O–H groups in total. The minimum atomic E-state index is -2.92. The first-order valence-corrected chi connectivity index (χ1v) is 9.84. The molecule has 3 rings (SSSR count). The SMILES string of the molecule is O=C(/C=C/N1CCN(Cc2ccc(Cl)cc2Cl)CC1)c1cccc(OC(F)F)c1. The van der Waals surface area contributed by atoms with Gasteiger partial charge in [0, 0.05) is 60.6 Å². The summed E-state index contributed by atoms with van der Waals surface area (Å²) in [6.45, 7) is 1.01. The number of carbonyl (C=O) groups excluding carboxylic acids is 1. The molecule has 0 amide bonds. The number of ether oxygens (including phenoxy) is 1. The summed E-state index contributed by atoms with van der Waals surface area (Å²) in [7, 11) is 0. The van der Waals surface area contributed by atoms with Gasteiger partial charge in [-0.1, -0.05) is 41.4 Å². The molecule has 1 heterocycles. The Hall–Kier alpha value is -2.15. The summed E-state index contributed by atoms with van der Waals surface area (Å²) in [5, 5.41) is 1.27. The maximum absolute atomic E-state index is 12.3. The number of carbonyl (C=O) groups is 1. The molecule has 1 fully saturated rings. The van der Waals surface area contributed by atoms with Crippen molar-refractivity contribution in [2.24, 2.45) is 0 Å². The average Bonchev–Trinajstić information content (AvgIpc) is 2.69. The minimum absolute atomic E-state index is 0.0336. The Morgan fingerprint density at radius 3 is 2.55 bits per heavy atom. The second-order valence-corrected chi connectivity index (χ2v) is 7.48. The number of hydrogen-bond acceptors (Lipinski definition) is 4. The number of hydrogen-bond donors (Lipinski definition) is 0. The Balaban J connectivity index is 1.51. The smallest absolute Gasteiger partial charge is 0.387 e. The van der Waals surface area contributed by atoms with Crippen LogP contribution in [0.25, 0.3) is 0 Å². The Morgan fingerprint density at radius 1 is 1.10 bits per heavy atom. The molecule has 1 aliphatic rings. The van der Waals surface area contributed by atoms with Gasteiger partial charge in [0.15, 0.2) is 5.78 Å². The largest absolute Gasteiger partial charge is 0.435 e. The van der Waals surface area contributed by atoms with E-state index in [9.17, 15) is 13.6 Å². The van der Waals surface area contributed by atoms with Crippen LogP contribution in [0.15, 0.2) is 54.7 Å². The normalized spacial score (nSPS) is 15.3. The van der Waals surface area contributed by atoms with E-state index >= 15 is 0 Å². The standard InChI is InChI=1S/C21H20Cl2F2N2O2/c22-17-5-4-16(19(23)13-17)14-27-10-8-26(9-11-27)7-6-20(28)15-2-1-3-18(12-15)29-21(24)25/h1-7,12-13,21H,8-11,14H2/b7-6+. The Bertz CT molecular complexity index is 885. The van der Waals surface area contributed by atoms with Crippen LogP contribution < -0.4 is 4.74 Å². The molecule has 2 aromatic carbocycles. The van der Waals surface area contributed by atoms with Crippen LogP contribution in [0.4, 0.5) is 8.78 Å². The van der Waals surface area contributed by atoms with E-state index < -0.39 is 6.61 Å². The summed E-state index contributed by atoms with van der Waals surface area (Å²) in [4.78, 5) is 16.6. The van der Waals surface area contributed by atoms with E-state index in [1.165, 1.54) is 24.3 Å². The highest BCUT2D eigenvalue weighted by molar-refractivity contribution is 6.35. The van der Waals surface area contributed by atoms with Crippen molar-refractivity contribution in [3.05, 3.63) is 75.9 Å². The van der Waals surface area contributed by atoms with Gasteiger partial charge >= 0.3 is 6.61 Å². The molecule has 0 spiro atoms. The molecular formula is C21H20Cl2F2N2O2. The number of piperazine rings is 1. The summed E-state index contributed by atoms with van der Waals surface area (Å²) in [6.07, 6.45) is 3.20. The first kappa shape index (κ1) is 21.6. The van der Waals surface area contributed by atoms with Crippen LogP contribution in [0.2, 0.25) is 10.0 Å². The number of ketones is 1. The lowest BCUT2D eigenvalue weighted by molar-refractivity contribution is -0.0498. The van der Waals surface area contributed by atoms with E-state index in [0.717, 1.165) is 38.3 Å². The number of alkyl halides is 2. The highest BCUT2D eigenvalue weighted by Crippen LogP contribution is 2.23. The van der Waals surface area contributed by atoms with Gasteiger partial charge in [0.1, 0.15) is 5.75 Å². The Morgan fingerprint density at radius 2 is 1.86 bits per heavy atom. The molecule has 4 nitrogen and oxygen atoms in total. The minimum Gasteiger partial charge on any atom is -0.435 e. The molecular weight excluding hydrogens is 421 g/mol. The van der Waals surface area contributed by atoms with Crippen LogP contribution in [0.3, 0.4) is 0 Å². The predicted octanol–water partition coefficient (Wildman–Crippen LogP) is 5.11. The molecule has 0 radical (unpaired) electrons. The van der Waals surface area contributed by atoms with E-state index in [1.807, 2.05) is 12.1 Å². The number of allylic oxidation sites excluding steroid dienone is 1. The maximum atomic E-state index is 12.3. The van der Waals surface area contributed by atoms with Crippen LogP contribution >= 0.6 is 23.2 Å². The molecule has 0 saturated carbocycles. The van der Waals surface area contributed by atoms with Gasteiger partial charge < -0.3 is 9.64 Å². The second-order valence-electron chi connectivity index (χ2n) is 6.63. The van der Waals surface area contributed by atoms with Crippen LogP contribution in [0, 0.1) is 0 Å². The van der Waals surface area contributed by atoms with Crippen molar-refractivity contribution < 1.29 is 18.3 Å². The Kier molecular flexibility index (Phi) is 7.47. The molecule has 1 aliphatic heterocycles. The monoisotopic (exact) mass is 440 g/mol. The van der Waals surface area contributed by atoms with Crippen molar-refractivity contribution in [2.75, 3.05) is 26.2 Å². The van der Waals surface area contributed by atoms with Gasteiger partial charge in [-0.25, -0.2) is 0 Å². The zero-order valence-corrected chi connectivity index (χ0v) is 17.0. The second kappa shape index (κ2) is 10.1. The van der Waals surface area contributed by atoms with Gasteiger partial charge in [-0.05, 0) is 29.8 Å². The zero-order valence-electron chi connectivity index (χ0n) is 15.5. The van der Waals surface area contributed by atoms with E-state index in [0.29, 0.717) is 15.6 Å². The first-order chi connectivity index (χ1) is 13.9. The molecule has 2 aromatic rings. The van der Waals surface area contributed by atoms with Gasteiger partial charge in [-0.3, -0.25) is 9.69 Å². The lowest BCUT2D eigenvalue weighted by Gasteiger charge is -2.34. The summed E-state index contributed by atoms with van der Waals surface area (Å²) >= 11 is 12.2. The number of rotatable bonds is 7. The fourth-order valence-corrected chi connectivity index (χ4v) is 3.52. The van der Waals surface area contributed by atoms with Crippen molar-refractivity contribution >= 4 is 29.0 Å². The predicted molar refractivity (Wildman–Crippen MR) is 110 cm³/mol. The zero-order chi connectivity index (χ0) is 20.8. The molecule has 154 valence electrons. The van der Waals surface area contributed by atoms with Gasteiger partial charge in [0.2, 0.25) is 0 Å². The van der Waals surface area contributed by atoms with Gasteiger partial charge in [0.05, 0.1) is 0 Å². The molecule has 0 bridgehead atoms. The topological polar surface area (TPSA) is 32.8 Å². The van der Waals surface area contributed by atoms with E-state index in [2.05, 4.69) is 14.5 Å². The quantitative estimate of drug-likeness (QED) is 0.442. The number of halogens is 4. The van der Waals surface area contributed by atoms with E-state index in [4.69, 9.17) is 23.2 Å². The van der Waals surface area contributed by atoms with Crippen molar-refractivity contribution in [1.29, 1.82) is 0 Å². The summed E-state index contributed by atoms with van der Waals surface area (Å²) < 4.78 is 28.9. The lowest BCUT2D eigenvalue weighted by Crippen LogP contribution is -2.43. The number of nitrogens with zero attached hydrogens (tertiary/aromatic N) is 2. The van der Waals surface area contributed by atoms with Crippen LogP contribution in [-0.2, 0) is 6.54 Å². The molecule has 29 heavy (non-hydrogen) atoms. The first-order valence-electron chi connectivity index (χ1n) is 9.08. The summed E-state index contributed by atoms with van der Waals surface area (Å²) in [5.41, 5.74) is 1.33. The fraction of sp³-hybridized carbons (Fsp3) is 0.286. The van der Waals surface area contributed by atoms with Crippen LogP contribution in [0.5, 0.6) is 5.75 Å². The molecule has 0 unspecified atom stereocenters. The lowest BCUT2D eigenvalue weighted by atomic mass is 10.1. The molecule has 0 aromatic heterocycles. The van der Waals surface area contributed by atoms with Gasteiger partial charge in [0.25, 0.3) is 0 Å². The molecule has 0 atom stereocenters. The highest BCUT2D eigenvalue weighted by Gasteiger charge is 2.16. The average molecular weight is 441 g/mol. The van der Waals surface area contributed by atoms with E-state index in [1.54, 1.807) is 18.3 Å². The van der Waals surface area contributed by atoms with Crippen LogP contribution in [-0.4, -0.2) is 48.4 Å². The summed E-state index contributed by atoms with van der Waals surface area (Å²) in [6, 6.07) is 11.3. The molecule has 8 heteroatoms. The van der Waals surface area contributed by atoms with Crippen molar-refractivity contribution in [3.63, 3.8) is 0 Å². The van der Waals surface area contributed by atoms with Crippen LogP contribution in [0.1, 0.15) is 15.9 Å². The maximum Gasteiger partial charge on any atom is 0.387 e. The number of benzene rings is 2. The molecule has 1 saturated heterocycles. The third-order valence-corrected chi connectivity index (χ3v) is 5.18. The van der Waals surface area contributed by atoms with Crippen molar-refractivity contribution in [2.45, 2.75) is 13.2 Å². The highest BCUT2D eigenvalue weighted by atomic mass is 35.5. The summed E-state index contributed by atoms with van der Waals surface area (Å²) in [5.74, 6) is -0.297. The van der Waals surface area contributed by atoms with Gasteiger partial charge in [-0.15, -0.1) is 0 Å². The van der Waals surface area contributed by atoms with Gasteiger partial charge in [-0.2, -0.15) is 8.78 Å². The molecule has 0 aliphatic carbocycles. The third-order valence-electron chi connectivity index (χ3n) is 4.60. The van der Waals surface area contributed by atoms with Crippen molar-refractivity contribution in [1.82, 2.24) is 9.80 Å². The fourth-order valence-electron chi connectivity index (χ4n) is 3.06. The third kappa shape index (κ3) is 6.42.